The van der Waals surface area contributed by atoms with E-state index in [9.17, 15) is 14.4 Å². The first-order chi connectivity index (χ1) is 9.58. The van der Waals surface area contributed by atoms with Crippen molar-refractivity contribution in [2.75, 3.05) is 0 Å². The van der Waals surface area contributed by atoms with E-state index in [0.717, 1.165) is 4.57 Å². The number of fused-ring (bicyclic) bond motifs is 1. The topological polar surface area (TPSA) is 101 Å². The minimum absolute atomic E-state index is 0.0169. The molecule has 7 nitrogen and oxygen atoms in total. The van der Waals surface area contributed by atoms with Crippen molar-refractivity contribution in [1.82, 2.24) is 19.5 Å². The molecule has 100 valence electrons. The molecule has 3 rings (SSSR count). The number of benzene rings is 1. The highest BCUT2D eigenvalue weighted by atomic mass is 16.2. The zero-order chi connectivity index (χ0) is 14.3. The molecule has 0 saturated carbocycles. The van der Waals surface area contributed by atoms with E-state index in [1.807, 2.05) is 6.07 Å². The van der Waals surface area contributed by atoms with Crippen LogP contribution in [0.4, 0.5) is 0 Å². The number of hydrogen-bond donors (Lipinski definition) is 2. The van der Waals surface area contributed by atoms with Gasteiger partial charge in [0.1, 0.15) is 5.69 Å². The molecule has 0 atom stereocenters. The first-order valence-corrected chi connectivity index (χ1v) is 5.86. The van der Waals surface area contributed by atoms with Crippen LogP contribution < -0.4 is 16.8 Å². The third-order valence-electron chi connectivity index (χ3n) is 3.01. The van der Waals surface area contributed by atoms with E-state index >= 15 is 0 Å². The van der Waals surface area contributed by atoms with Gasteiger partial charge in [0, 0.05) is 12.6 Å². The molecule has 1 aromatic carbocycles. The van der Waals surface area contributed by atoms with E-state index in [-0.39, 0.29) is 16.9 Å². The molecule has 0 aliphatic rings. The van der Waals surface area contributed by atoms with Gasteiger partial charge in [-0.1, -0.05) is 30.3 Å². The fraction of sp³-hybridized carbons (Fsp3) is 0.0769. The number of aromatic amines is 2. The SMILES string of the molecule is Cn1c(=O)[nH]c2nc(-c3ccccc3)c(=O)[nH]c2c1=O. The lowest BCUT2D eigenvalue weighted by molar-refractivity contribution is 0.786. The molecule has 0 fully saturated rings. The number of H-pyrrole nitrogens is 2. The van der Waals surface area contributed by atoms with Gasteiger partial charge >= 0.3 is 5.69 Å². The molecule has 0 unspecified atom stereocenters. The van der Waals surface area contributed by atoms with Crippen molar-refractivity contribution >= 4 is 11.2 Å². The average Bonchev–Trinajstić information content (AvgIpc) is 2.46. The molecule has 3 aromatic rings. The number of aromatic nitrogens is 4. The second-order valence-corrected chi connectivity index (χ2v) is 4.30. The van der Waals surface area contributed by atoms with Gasteiger partial charge in [0.25, 0.3) is 11.1 Å². The second kappa shape index (κ2) is 4.30. The van der Waals surface area contributed by atoms with Crippen molar-refractivity contribution < 1.29 is 0 Å². The lowest BCUT2D eigenvalue weighted by Gasteiger charge is -2.03. The van der Waals surface area contributed by atoms with Crippen LogP contribution in [0.2, 0.25) is 0 Å². The molecule has 0 amide bonds. The molecule has 2 heterocycles. The summed E-state index contributed by atoms with van der Waals surface area (Å²) in [4.78, 5) is 44.5. The Morgan fingerprint density at radius 2 is 1.75 bits per heavy atom. The molecule has 0 aliphatic heterocycles. The summed E-state index contributed by atoms with van der Waals surface area (Å²) in [7, 11) is 1.32. The summed E-state index contributed by atoms with van der Waals surface area (Å²) in [6, 6.07) is 8.81. The number of hydrogen-bond acceptors (Lipinski definition) is 4. The van der Waals surface area contributed by atoms with Crippen LogP contribution >= 0.6 is 0 Å². The lowest BCUT2D eigenvalue weighted by atomic mass is 10.1. The Morgan fingerprint density at radius 1 is 1.05 bits per heavy atom. The normalized spacial score (nSPS) is 10.8. The minimum Gasteiger partial charge on any atom is -0.313 e. The Balaban J connectivity index is 2.42. The fourth-order valence-electron chi connectivity index (χ4n) is 1.93. The van der Waals surface area contributed by atoms with Crippen LogP contribution in [0.25, 0.3) is 22.4 Å². The predicted molar refractivity (Wildman–Crippen MR) is 73.7 cm³/mol. The third kappa shape index (κ3) is 1.76. The summed E-state index contributed by atoms with van der Waals surface area (Å²) >= 11 is 0. The predicted octanol–water partition coefficient (Wildman–Crippen LogP) is -0.0229. The summed E-state index contributed by atoms with van der Waals surface area (Å²) in [6.07, 6.45) is 0. The molecule has 0 saturated heterocycles. The molecule has 2 aromatic heterocycles. The highest BCUT2D eigenvalue weighted by Crippen LogP contribution is 2.12. The Labute approximate surface area is 111 Å². The molecule has 0 aliphatic carbocycles. The summed E-state index contributed by atoms with van der Waals surface area (Å²) in [5.41, 5.74) is -0.839. The molecule has 7 heteroatoms. The zero-order valence-corrected chi connectivity index (χ0v) is 10.5. The zero-order valence-electron chi connectivity index (χ0n) is 10.5. The number of nitrogens with one attached hydrogen (secondary N) is 2. The Morgan fingerprint density at radius 3 is 2.45 bits per heavy atom. The molecule has 0 radical (unpaired) electrons. The average molecular weight is 270 g/mol. The Bertz CT molecular complexity index is 967. The highest BCUT2D eigenvalue weighted by molar-refractivity contribution is 5.72. The van der Waals surface area contributed by atoms with E-state index < -0.39 is 16.8 Å². The van der Waals surface area contributed by atoms with Crippen molar-refractivity contribution in [3.63, 3.8) is 0 Å². The van der Waals surface area contributed by atoms with Crippen LogP contribution in [0.5, 0.6) is 0 Å². The van der Waals surface area contributed by atoms with Gasteiger partial charge in [0.05, 0.1) is 0 Å². The van der Waals surface area contributed by atoms with Gasteiger partial charge in [-0.2, -0.15) is 0 Å². The van der Waals surface area contributed by atoms with Crippen LogP contribution in [0, 0.1) is 0 Å². The number of rotatable bonds is 1. The van der Waals surface area contributed by atoms with E-state index in [0.29, 0.717) is 5.56 Å². The first-order valence-electron chi connectivity index (χ1n) is 5.86. The third-order valence-corrected chi connectivity index (χ3v) is 3.01. The van der Waals surface area contributed by atoms with Crippen LogP contribution in [0.15, 0.2) is 44.7 Å². The molecular weight excluding hydrogens is 260 g/mol. The molecular formula is C13H10N4O3. The van der Waals surface area contributed by atoms with Crippen molar-refractivity contribution in [3.8, 4) is 11.3 Å². The van der Waals surface area contributed by atoms with E-state index in [4.69, 9.17) is 0 Å². The van der Waals surface area contributed by atoms with Gasteiger partial charge in [0.2, 0.25) is 0 Å². The summed E-state index contributed by atoms with van der Waals surface area (Å²) in [5, 5.41) is 0. The van der Waals surface area contributed by atoms with Gasteiger partial charge in [0.15, 0.2) is 11.2 Å². The largest absolute Gasteiger partial charge is 0.329 e. The lowest BCUT2D eigenvalue weighted by Crippen LogP contribution is -2.34. The van der Waals surface area contributed by atoms with Gasteiger partial charge in [-0.05, 0) is 0 Å². The van der Waals surface area contributed by atoms with Crippen LogP contribution in [-0.4, -0.2) is 19.5 Å². The Hall–Kier alpha value is -2.96. The standard InChI is InChI=1S/C13H10N4O3/c1-17-12(19)9-10(16-13(17)20)14-8(11(18)15-9)7-5-3-2-4-6-7/h2-6H,1H3,(H,15,18)(H,14,16,20). The monoisotopic (exact) mass is 270 g/mol. The molecule has 0 bridgehead atoms. The summed E-state index contributed by atoms with van der Waals surface area (Å²) in [6.45, 7) is 0. The number of nitrogens with zero attached hydrogens (tertiary/aromatic N) is 2. The Kier molecular flexibility index (Phi) is 2.60. The molecule has 2 N–H and O–H groups in total. The minimum atomic E-state index is -0.590. The van der Waals surface area contributed by atoms with E-state index in [2.05, 4.69) is 15.0 Å². The van der Waals surface area contributed by atoms with Crippen LogP contribution in [0.3, 0.4) is 0 Å². The smallest absolute Gasteiger partial charge is 0.313 e. The molecule has 20 heavy (non-hydrogen) atoms. The summed E-state index contributed by atoms with van der Waals surface area (Å²) in [5.74, 6) is 0. The van der Waals surface area contributed by atoms with Gasteiger partial charge in [-0.15, -0.1) is 0 Å². The van der Waals surface area contributed by atoms with Gasteiger partial charge < -0.3 is 4.98 Å². The highest BCUT2D eigenvalue weighted by Gasteiger charge is 2.11. The van der Waals surface area contributed by atoms with E-state index in [1.54, 1.807) is 24.3 Å². The van der Waals surface area contributed by atoms with Crippen LogP contribution in [0.1, 0.15) is 0 Å². The van der Waals surface area contributed by atoms with Crippen molar-refractivity contribution in [2.24, 2.45) is 7.05 Å². The quantitative estimate of drug-likeness (QED) is 0.648. The molecule has 0 spiro atoms. The summed E-state index contributed by atoms with van der Waals surface area (Å²) < 4.78 is 0.877. The van der Waals surface area contributed by atoms with Crippen molar-refractivity contribution in [3.05, 3.63) is 61.5 Å². The van der Waals surface area contributed by atoms with Gasteiger partial charge in [-0.25, -0.2) is 9.78 Å². The maximum Gasteiger partial charge on any atom is 0.329 e. The second-order valence-electron chi connectivity index (χ2n) is 4.30. The van der Waals surface area contributed by atoms with Crippen molar-refractivity contribution in [1.29, 1.82) is 0 Å². The maximum absolute atomic E-state index is 12.0. The van der Waals surface area contributed by atoms with Gasteiger partial charge in [-0.3, -0.25) is 19.1 Å². The van der Waals surface area contributed by atoms with Crippen molar-refractivity contribution in [2.45, 2.75) is 0 Å². The first kappa shape index (κ1) is 12.1. The maximum atomic E-state index is 12.0. The fourth-order valence-corrected chi connectivity index (χ4v) is 1.93. The van der Waals surface area contributed by atoms with Crippen LogP contribution in [-0.2, 0) is 7.05 Å². The van der Waals surface area contributed by atoms with E-state index in [1.165, 1.54) is 7.05 Å².